The van der Waals surface area contributed by atoms with Crippen LogP contribution in [0.3, 0.4) is 0 Å². The topological polar surface area (TPSA) is 38.5 Å². The smallest absolute Gasteiger partial charge is 0.401 e. The minimum absolute atomic E-state index is 0.180. The molecule has 0 fully saturated rings. The maximum atomic E-state index is 12.1. The van der Waals surface area contributed by atoms with Crippen molar-refractivity contribution >= 4 is 17.2 Å². The zero-order chi connectivity index (χ0) is 14.5. The van der Waals surface area contributed by atoms with Crippen molar-refractivity contribution in [2.75, 3.05) is 26.7 Å². The second kappa shape index (κ2) is 6.72. The van der Waals surface area contributed by atoms with Crippen molar-refractivity contribution in [3.63, 3.8) is 0 Å². The van der Waals surface area contributed by atoms with E-state index in [4.69, 9.17) is 22.7 Å². The Morgan fingerprint density at radius 1 is 1.32 bits per heavy atom. The normalized spacial score (nSPS) is 11.6. The van der Waals surface area contributed by atoms with Gasteiger partial charge in [-0.1, -0.05) is 12.2 Å². The van der Waals surface area contributed by atoms with E-state index in [1.807, 2.05) is 0 Å². The Labute approximate surface area is 115 Å². The molecule has 0 aliphatic heterocycles. The minimum atomic E-state index is -4.19. The van der Waals surface area contributed by atoms with E-state index in [2.05, 4.69) is 0 Å². The van der Waals surface area contributed by atoms with Gasteiger partial charge in [0.25, 0.3) is 0 Å². The van der Waals surface area contributed by atoms with Crippen LogP contribution in [0.5, 0.6) is 5.75 Å². The maximum Gasteiger partial charge on any atom is 0.401 e. The molecule has 0 bridgehead atoms. The summed E-state index contributed by atoms with van der Waals surface area (Å²) in [5.74, 6) is 0.570. The molecule has 7 heteroatoms. The lowest BCUT2D eigenvalue weighted by atomic mass is 10.2. The summed E-state index contributed by atoms with van der Waals surface area (Å²) in [6.07, 6.45) is -4.19. The molecule has 0 aromatic heterocycles. The van der Waals surface area contributed by atoms with Crippen LogP contribution in [0.15, 0.2) is 24.3 Å². The molecule has 3 nitrogen and oxygen atoms in total. The number of rotatable bonds is 6. The summed E-state index contributed by atoms with van der Waals surface area (Å²) in [6, 6.07) is 6.77. The van der Waals surface area contributed by atoms with Crippen molar-refractivity contribution in [3.05, 3.63) is 29.8 Å². The number of nitrogens with zero attached hydrogens (tertiary/aromatic N) is 1. The standard InChI is InChI=1S/C12H15F3N2OS/c1-17(8-12(13,14)15)6-7-18-10-4-2-9(3-5-10)11(16)19/h2-5H,6-8H2,1H3,(H2,16,19). The van der Waals surface area contributed by atoms with E-state index < -0.39 is 12.7 Å². The summed E-state index contributed by atoms with van der Waals surface area (Å²) >= 11 is 4.80. The van der Waals surface area contributed by atoms with Gasteiger partial charge in [0.05, 0.1) is 6.54 Å². The van der Waals surface area contributed by atoms with Crippen molar-refractivity contribution in [1.82, 2.24) is 4.90 Å². The molecule has 0 spiro atoms. The van der Waals surface area contributed by atoms with Crippen LogP contribution in [0.4, 0.5) is 13.2 Å². The van der Waals surface area contributed by atoms with Crippen molar-refractivity contribution in [3.8, 4) is 5.75 Å². The third-order valence-corrected chi connectivity index (χ3v) is 2.57. The summed E-state index contributed by atoms with van der Waals surface area (Å²) < 4.78 is 41.5. The molecule has 2 N–H and O–H groups in total. The van der Waals surface area contributed by atoms with Gasteiger partial charge in [0.15, 0.2) is 0 Å². The number of hydrogen-bond acceptors (Lipinski definition) is 3. The fourth-order valence-electron chi connectivity index (χ4n) is 1.42. The number of likely N-dealkylation sites (N-methyl/N-ethyl adjacent to an activating group) is 1. The second-order valence-corrected chi connectivity index (χ2v) is 4.53. The lowest BCUT2D eigenvalue weighted by Gasteiger charge is -2.18. The van der Waals surface area contributed by atoms with Gasteiger partial charge < -0.3 is 10.5 Å². The molecule has 19 heavy (non-hydrogen) atoms. The molecule has 0 saturated carbocycles. The van der Waals surface area contributed by atoms with Crippen LogP contribution >= 0.6 is 12.2 Å². The summed E-state index contributed by atoms with van der Waals surface area (Å²) in [7, 11) is 1.40. The quantitative estimate of drug-likeness (QED) is 0.816. The van der Waals surface area contributed by atoms with Crippen molar-refractivity contribution in [2.45, 2.75) is 6.18 Å². The Bertz CT molecular complexity index is 420. The van der Waals surface area contributed by atoms with Gasteiger partial charge in [0.1, 0.15) is 17.3 Å². The highest BCUT2D eigenvalue weighted by Gasteiger charge is 2.28. The van der Waals surface area contributed by atoms with Crippen LogP contribution in [0.2, 0.25) is 0 Å². The van der Waals surface area contributed by atoms with Crippen LogP contribution in [-0.4, -0.2) is 42.8 Å². The first-order valence-corrected chi connectivity index (χ1v) is 5.97. The average molecular weight is 292 g/mol. The first-order chi connectivity index (χ1) is 8.78. The Morgan fingerprint density at radius 2 is 1.89 bits per heavy atom. The Morgan fingerprint density at radius 3 is 2.37 bits per heavy atom. The molecule has 0 amide bonds. The van der Waals surface area contributed by atoms with Gasteiger partial charge in [-0.3, -0.25) is 4.90 Å². The number of alkyl halides is 3. The highest BCUT2D eigenvalue weighted by Crippen LogP contribution is 2.16. The summed E-state index contributed by atoms with van der Waals surface area (Å²) in [5, 5.41) is 0. The van der Waals surface area contributed by atoms with Gasteiger partial charge >= 0.3 is 6.18 Å². The molecule has 1 aromatic carbocycles. The van der Waals surface area contributed by atoms with Gasteiger partial charge in [-0.05, 0) is 31.3 Å². The zero-order valence-electron chi connectivity index (χ0n) is 10.4. The largest absolute Gasteiger partial charge is 0.492 e. The zero-order valence-corrected chi connectivity index (χ0v) is 11.2. The van der Waals surface area contributed by atoms with E-state index in [9.17, 15) is 13.2 Å². The van der Waals surface area contributed by atoms with E-state index in [-0.39, 0.29) is 18.1 Å². The highest BCUT2D eigenvalue weighted by atomic mass is 32.1. The molecule has 0 heterocycles. The molecule has 106 valence electrons. The predicted octanol–water partition coefficient (Wildman–Crippen LogP) is 2.19. The number of halogens is 3. The number of nitrogens with two attached hydrogens (primary N) is 1. The molecular weight excluding hydrogens is 277 g/mol. The Hall–Kier alpha value is -1.34. The maximum absolute atomic E-state index is 12.1. The third kappa shape index (κ3) is 6.40. The number of benzene rings is 1. The number of ether oxygens (including phenoxy) is 1. The molecular formula is C12H15F3N2OS. The Balaban J connectivity index is 2.35. The first-order valence-electron chi connectivity index (χ1n) is 5.56. The van der Waals surface area contributed by atoms with Crippen LogP contribution in [0.1, 0.15) is 5.56 Å². The van der Waals surface area contributed by atoms with Crippen molar-refractivity contribution < 1.29 is 17.9 Å². The van der Waals surface area contributed by atoms with Gasteiger partial charge in [-0.15, -0.1) is 0 Å². The molecule has 0 saturated heterocycles. The van der Waals surface area contributed by atoms with Crippen molar-refractivity contribution in [2.24, 2.45) is 5.73 Å². The monoisotopic (exact) mass is 292 g/mol. The van der Waals surface area contributed by atoms with Crippen LogP contribution in [0, 0.1) is 0 Å². The van der Waals surface area contributed by atoms with Crippen LogP contribution in [0.25, 0.3) is 0 Å². The van der Waals surface area contributed by atoms with Crippen molar-refractivity contribution in [1.29, 1.82) is 0 Å². The SMILES string of the molecule is CN(CCOc1ccc(C(N)=S)cc1)CC(F)(F)F. The molecule has 0 aliphatic carbocycles. The first kappa shape index (κ1) is 15.7. The average Bonchev–Trinajstić information content (AvgIpc) is 2.27. The van der Waals surface area contributed by atoms with E-state index in [0.717, 1.165) is 10.5 Å². The van der Waals surface area contributed by atoms with Gasteiger partial charge in [-0.2, -0.15) is 13.2 Å². The molecule has 0 aliphatic rings. The highest BCUT2D eigenvalue weighted by molar-refractivity contribution is 7.80. The van der Waals surface area contributed by atoms with Crippen LogP contribution < -0.4 is 10.5 Å². The van der Waals surface area contributed by atoms with Gasteiger partial charge in [-0.25, -0.2) is 0 Å². The number of hydrogen-bond donors (Lipinski definition) is 1. The molecule has 0 unspecified atom stereocenters. The fraction of sp³-hybridized carbons (Fsp3) is 0.417. The second-order valence-electron chi connectivity index (χ2n) is 4.09. The summed E-state index contributed by atoms with van der Waals surface area (Å²) in [4.78, 5) is 1.44. The molecule has 1 aromatic rings. The van der Waals surface area contributed by atoms with Gasteiger partial charge in [0.2, 0.25) is 0 Å². The number of thiocarbonyl (C=S) groups is 1. The predicted molar refractivity (Wildman–Crippen MR) is 71.4 cm³/mol. The summed E-state index contributed by atoms with van der Waals surface area (Å²) in [5.41, 5.74) is 6.16. The van der Waals surface area contributed by atoms with E-state index in [1.54, 1.807) is 24.3 Å². The fourth-order valence-corrected chi connectivity index (χ4v) is 1.56. The van der Waals surface area contributed by atoms with Crippen LogP contribution in [-0.2, 0) is 0 Å². The van der Waals surface area contributed by atoms with Gasteiger partial charge in [0, 0.05) is 12.1 Å². The Kier molecular flexibility index (Phi) is 5.56. The molecule has 0 radical (unpaired) electrons. The molecule has 1 rings (SSSR count). The van der Waals surface area contributed by atoms with E-state index >= 15 is 0 Å². The van der Waals surface area contributed by atoms with E-state index in [1.165, 1.54) is 7.05 Å². The molecule has 0 atom stereocenters. The summed E-state index contributed by atoms with van der Waals surface area (Å²) in [6.45, 7) is -0.577. The minimum Gasteiger partial charge on any atom is -0.492 e. The lowest BCUT2D eigenvalue weighted by Crippen LogP contribution is -2.33. The lowest BCUT2D eigenvalue weighted by molar-refractivity contribution is -0.143. The van der Waals surface area contributed by atoms with E-state index in [0.29, 0.717) is 5.75 Å². The third-order valence-electron chi connectivity index (χ3n) is 2.33.